The molecule has 0 aliphatic carbocycles. The third kappa shape index (κ3) is 3.04. The molecule has 2 aliphatic rings. The summed E-state index contributed by atoms with van der Waals surface area (Å²) < 4.78 is 10.9. The standard InChI is InChI=1S/C15H22N2O3/c1-17-7-12-10-19-9-11(14(12)8-17)5-15(18)16-6-13-3-2-4-20-13/h2-4,11-12,14H,5-10H2,1H3,(H,16,18)/t11-,12-,14+/m1/s1. The van der Waals surface area contributed by atoms with Crippen molar-refractivity contribution >= 4 is 5.91 Å². The van der Waals surface area contributed by atoms with E-state index in [0.717, 1.165) is 25.5 Å². The van der Waals surface area contributed by atoms with Crippen molar-refractivity contribution in [1.29, 1.82) is 0 Å². The normalized spacial score (nSPS) is 30.1. The van der Waals surface area contributed by atoms with E-state index in [-0.39, 0.29) is 5.91 Å². The van der Waals surface area contributed by atoms with E-state index < -0.39 is 0 Å². The Labute approximate surface area is 119 Å². The number of nitrogens with zero attached hydrogens (tertiary/aromatic N) is 1. The van der Waals surface area contributed by atoms with Crippen molar-refractivity contribution in [2.45, 2.75) is 13.0 Å². The van der Waals surface area contributed by atoms with Gasteiger partial charge in [0.1, 0.15) is 5.76 Å². The van der Waals surface area contributed by atoms with Crippen LogP contribution < -0.4 is 5.32 Å². The number of ether oxygens (including phenoxy) is 1. The number of hydrogen-bond acceptors (Lipinski definition) is 4. The highest BCUT2D eigenvalue weighted by atomic mass is 16.5. The summed E-state index contributed by atoms with van der Waals surface area (Å²) in [5.74, 6) is 2.41. The van der Waals surface area contributed by atoms with Crippen LogP contribution in [0, 0.1) is 17.8 Å². The van der Waals surface area contributed by atoms with Gasteiger partial charge in [-0.25, -0.2) is 0 Å². The second kappa shape index (κ2) is 5.97. The van der Waals surface area contributed by atoms with Gasteiger partial charge in [0.15, 0.2) is 0 Å². The van der Waals surface area contributed by atoms with E-state index in [0.29, 0.717) is 37.3 Å². The number of carbonyl (C=O) groups is 1. The smallest absolute Gasteiger partial charge is 0.220 e. The molecule has 1 aromatic heterocycles. The minimum Gasteiger partial charge on any atom is -0.467 e. The Morgan fingerprint density at radius 1 is 1.45 bits per heavy atom. The lowest BCUT2D eigenvalue weighted by Gasteiger charge is -2.32. The summed E-state index contributed by atoms with van der Waals surface area (Å²) in [6.45, 7) is 4.20. The van der Waals surface area contributed by atoms with E-state index in [4.69, 9.17) is 9.15 Å². The fourth-order valence-corrected chi connectivity index (χ4v) is 3.44. The van der Waals surface area contributed by atoms with E-state index in [1.807, 2.05) is 12.1 Å². The van der Waals surface area contributed by atoms with Gasteiger partial charge in [0.25, 0.3) is 0 Å². The Kier molecular flexibility index (Phi) is 4.08. The minimum absolute atomic E-state index is 0.0882. The molecule has 5 nitrogen and oxygen atoms in total. The molecule has 2 saturated heterocycles. The largest absolute Gasteiger partial charge is 0.467 e. The average Bonchev–Trinajstić information content (AvgIpc) is 3.05. The third-order valence-electron chi connectivity index (χ3n) is 4.43. The van der Waals surface area contributed by atoms with Crippen molar-refractivity contribution in [3.8, 4) is 0 Å². The summed E-state index contributed by atoms with van der Waals surface area (Å²) in [5.41, 5.74) is 0. The highest BCUT2D eigenvalue weighted by Gasteiger charge is 2.40. The van der Waals surface area contributed by atoms with Crippen molar-refractivity contribution < 1.29 is 13.9 Å². The molecule has 2 aliphatic heterocycles. The molecule has 110 valence electrons. The van der Waals surface area contributed by atoms with Crippen LogP contribution in [-0.2, 0) is 16.1 Å². The van der Waals surface area contributed by atoms with Crippen molar-refractivity contribution in [3.63, 3.8) is 0 Å². The molecule has 1 aromatic rings. The minimum atomic E-state index is 0.0882. The van der Waals surface area contributed by atoms with Crippen LogP contribution in [0.1, 0.15) is 12.2 Å². The Morgan fingerprint density at radius 3 is 3.15 bits per heavy atom. The lowest BCUT2D eigenvalue weighted by molar-refractivity contribution is -0.124. The molecule has 1 N–H and O–H groups in total. The zero-order valence-electron chi connectivity index (χ0n) is 11.9. The lowest BCUT2D eigenvalue weighted by atomic mass is 9.81. The molecule has 0 bridgehead atoms. The van der Waals surface area contributed by atoms with Gasteiger partial charge < -0.3 is 19.4 Å². The fourth-order valence-electron chi connectivity index (χ4n) is 3.44. The molecule has 20 heavy (non-hydrogen) atoms. The number of likely N-dealkylation sites (tertiary alicyclic amines) is 1. The molecule has 2 fully saturated rings. The molecule has 3 atom stereocenters. The highest BCUT2D eigenvalue weighted by molar-refractivity contribution is 5.76. The molecule has 5 heteroatoms. The Hall–Kier alpha value is -1.33. The Morgan fingerprint density at radius 2 is 2.35 bits per heavy atom. The maximum absolute atomic E-state index is 12.1. The maximum Gasteiger partial charge on any atom is 0.220 e. The van der Waals surface area contributed by atoms with Gasteiger partial charge in [-0.3, -0.25) is 4.79 Å². The number of rotatable bonds is 4. The number of amides is 1. The summed E-state index contributed by atoms with van der Waals surface area (Å²) in [5, 5.41) is 2.92. The van der Waals surface area contributed by atoms with E-state index in [2.05, 4.69) is 17.3 Å². The van der Waals surface area contributed by atoms with Crippen LogP contribution in [0.5, 0.6) is 0 Å². The summed E-state index contributed by atoms with van der Waals surface area (Å²) in [7, 11) is 2.15. The molecule has 0 radical (unpaired) electrons. The number of furan rings is 1. The van der Waals surface area contributed by atoms with Crippen LogP contribution in [-0.4, -0.2) is 44.2 Å². The molecule has 3 heterocycles. The molecule has 0 unspecified atom stereocenters. The molecule has 0 saturated carbocycles. The first-order chi connectivity index (χ1) is 9.72. The molecule has 3 rings (SSSR count). The van der Waals surface area contributed by atoms with Gasteiger partial charge in [0.05, 0.1) is 26.0 Å². The van der Waals surface area contributed by atoms with Crippen molar-refractivity contribution in [2.75, 3.05) is 33.4 Å². The van der Waals surface area contributed by atoms with Crippen LogP contribution in [0.25, 0.3) is 0 Å². The average molecular weight is 278 g/mol. The van der Waals surface area contributed by atoms with Crippen molar-refractivity contribution in [2.24, 2.45) is 17.8 Å². The summed E-state index contributed by atoms with van der Waals surface area (Å²) in [6, 6.07) is 3.70. The van der Waals surface area contributed by atoms with Crippen molar-refractivity contribution in [1.82, 2.24) is 10.2 Å². The monoisotopic (exact) mass is 278 g/mol. The SMILES string of the molecule is CN1C[C@@H]2COC[C@@H](CC(=O)NCc3ccco3)[C@@H]2C1. The fraction of sp³-hybridized carbons (Fsp3) is 0.667. The van der Waals surface area contributed by atoms with Gasteiger partial charge >= 0.3 is 0 Å². The second-order valence-electron chi connectivity index (χ2n) is 6.00. The van der Waals surface area contributed by atoms with Gasteiger partial charge in [0, 0.05) is 19.5 Å². The first kappa shape index (κ1) is 13.6. The van der Waals surface area contributed by atoms with Crippen LogP contribution in [0.15, 0.2) is 22.8 Å². The summed E-state index contributed by atoms with van der Waals surface area (Å²) >= 11 is 0. The zero-order chi connectivity index (χ0) is 13.9. The quantitative estimate of drug-likeness (QED) is 0.896. The zero-order valence-corrected chi connectivity index (χ0v) is 11.9. The van der Waals surface area contributed by atoms with Crippen LogP contribution in [0.2, 0.25) is 0 Å². The van der Waals surface area contributed by atoms with Crippen LogP contribution in [0.4, 0.5) is 0 Å². The van der Waals surface area contributed by atoms with Crippen LogP contribution in [0.3, 0.4) is 0 Å². The maximum atomic E-state index is 12.1. The number of fused-ring (bicyclic) bond motifs is 1. The van der Waals surface area contributed by atoms with E-state index in [9.17, 15) is 4.79 Å². The summed E-state index contributed by atoms with van der Waals surface area (Å²) in [4.78, 5) is 14.4. The number of hydrogen-bond donors (Lipinski definition) is 1. The number of nitrogens with one attached hydrogen (secondary N) is 1. The Balaban J connectivity index is 1.50. The molecule has 0 spiro atoms. The topological polar surface area (TPSA) is 54.7 Å². The first-order valence-corrected chi connectivity index (χ1v) is 7.27. The third-order valence-corrected chi connectivity index (χ3v) is 4.43. The Bertz CT molecular complexity index is 446. The van der Waals surface area contributed by atoms with E-state index >= 15 is 0 Å². The van der Waals surface area contributed by atoms with Gasteiger partial charge in [0.2, 0.25) is 5.91 Å². The summed E-state index contributed by atoms with van der Waals surface area (Å²) in [6.07, 6.45) is 2.17. The van der Waals surface area contributed by atoms with Gasteiger partial charge in [-0.1, -0.05) is 0 Å². The molecule has 1 amide bonds. The van der Waals surface area contributed by atoms with Crippen molar-refractivity contribution in [3.05, 3.63) is 24.2 Å². The van der Waals surface area contributed by atoms with E-state index in [1.165, 1.54) is 0 Å². The molecular formula is C15H22N2O3. The second-order valence-corrected chi connectivity index (χ2v) is 6.00. The van der Waals surface area contributed by atoms with Gasteiger partial charge in [-0.2, -0.15) is 0 Å². The van der Waals surface area contributed by atoms with Gasteiger partial charge in [-0.15, -0.1) is 0 Å². The number of carbonyl (C=O) groups excluding carboxylic acids is 1. The lowest BCUT2D eigenvalue weighted by Crippen LogP contribution is -2.38. The van der Waals surface area contributed by atoms with Crippen LogP contribution >= 0.6 is 0 Å². The molecule has 0 aromatic carbocycles. The predicted octanol–water partition coefficient (Wildman–Crippen LogP) is 1.11. The first-order valence-electron chi connectivity index (χ1n) is 7.27. The predicted molar refractivity (Wildman–Crippen MR) is 74.0 cm³/mol. The highest BCUT2D eigenvalue weighted by Crippen LogP contribution is 2.34. The van der Waals surface area contributed by atoms with E-state index in [1.54, 1.807) is 6.26 Å². The van der Waals surface area contributed by atoms with Gasteiger partial charge in [-0.05, 0) is 36.9 Å². The molecular weight excluding hydrogens is 256 g/mol.